The van der Waals surface area contributed by atoms with Crippen LogP contribution in [0.15, 0.2) is 18.3 Å². The molecule has 1 radical (unpaired) electrons. The number of pyridine rings is 1. The Morgan fingerprint density at radius 2 is 2.57 bits per heavy atom. The van der Waals surface area contributed by atoms with Gasteiger partial charge in [-0.1, -0.05) is 6.07 Å². The lowest BCUT2D eigenvalue weighted by atomic mass is 10.5. The summed E-state index contributed by atoms with van der Waals surface area (Å²) in [5.41, 5.74) is 0. The second-order valence-corrected chi connectivity index (χ2v) is 2.51. The largest absolute Gasteiger partial charge is 0.255 e. The fourth-order valence-electron chi connectivity index (χ4n) is 0.407. The summed E-state index contributed by atoms with van der Waals surface area (Å²) in [5, 5.41) is 1.22. The first-order valence-electron chi connectivity index (χ1n) is 2.19. The molecule has 0 bridgehead atoms. The Hall–Kier alpha value is -0.633. The maximum Gasteiger partial charge on any atom is 0.0866 e. The van der Waals surface area contributed by atoms with E-state index in [1.165, 1.54) is 5.19 Å². The maximum atomic E-state index is 3.79. The third-order valence-corrected chi connectivity index (χ3v) is 1.30. The zero-order valence-electron chi connectivity index (χ0n) is 4.18. The van der Waals surface area contributed by atoms with Gasteiger partial charge in [0.05, 0.1) is 6.20 Å². The zero-order valence-corrected chi connectivity index (χ0v) is 6.18. The smallest absolute Gasteiger partial charge is 0.0866 e. The molecule has 0 amide bonds. The Balaban J connectivity index is 3.02. The minimum Gasteiger partial charge on any atom is -0.255 e. The van der Waals surface area contributed by atoms with Gasteiger partial charge in [-0.3, -0.25) is 4.98 Å². The van der Waals surface area contributed by atoms with Crippen molar-refractivity contribution in [2.45, 2.75) is 0 Å². The normalized spacial score (nSPS) is 9.14. The van der Waals surface area contributed by atoms with Crippen molar-refractivity contribution in [1.82, 2.24) is 4.98 Å². The third-order valence-electron chi connectivity index (χ3n) is 0.748. The molecule has 2 heteroatoms. The van der Waals surface area contributed by atoms with Crippen LogP contribution in [0, 0.1) is 6.20 Å². The van der Waals surface area contributed by atoms with Crippen molar-refractivity contribution in [2.24, 2.45) is 0 Å². The predicted molar refractivity (Wildman–Crippen MR) is 32.6 cm³/mol. The molecule has 0 spiro atoms. The van der Waals surface area contributed by atoms with E-state index in [-0.39, 0.29) is 0 Å². The molecule has 1 heterocycles. The standard InChI is InChI=1S/C5H6NSi/c7-5-2-1-3-6-4-5/h1-3H,7H3. The van der Waals surface area contributed by atoms with Crippen LogP contribution in [0.25, 0.3) is 0 Å². The summed E-state index contributed by atoms with van der Waals surface area (Å²) >= 11 is 0. The van der Waals surface area contributed by atoms with Crippen LogP contribution in [0.2, 0.25) is 0 Å². The van der Waals surface area contributed by atoms with Crippen LogP contribution in [-0.2, 0) is 0 Å². The third kappa shape index (κ3) is 1.12. The first-order valence-corrected chi connectivity index (χ1v) is 3.19. The molecule has 0 saturated heterocycles. The lowest BCUT2D eigenvalue weighted by Crippen LogP contribution is -2.00. The van der Waals surface area contributed by atoms with Crippen LogP contribution < -0.4 is 5.19 Å². The molecular formula is C5H6NSi. The van der Waals surface area contributed by atoms with Crippen LogP contribution in [0.1, 0.15) is 0 Å². The van der Waals surface area contributed by atoms with E-state index in [1.54, 1.807) is 6.20 Å². The van der Waals surface area contributed by atoms with E-state index in [9.17, 15) is 0 Å². The average Bonchev–Trinajstić information content (AvgIpc) is 1.69. The van der Waals surface area contributed by atoms with E-state index in [0.29, 0.717) is 0 Å². The minimum atomic E-state index is 1.06. The van der Waals surface area contributed by atoms with Gasteiger partial charge in [0.1, 0.15) is 0 Å². The Bertz CT molecular complexity index is 138. The summed E-state index contributed by atoms with van der Waals surface area (Å²) < 4.78 is 0. The van der Waals surface area contributed by atoms with Gasteiger partial charge >= 0.3 is 0 Å². The molecule has 0 unspecified atom stereocenters. The monoisotopic (exact) mass is 108 g/mol. The van der Waals surface area contributed by atoms with E-state index in [0.717, 1.165) is 10.2 Å². The lowest BCUT2D eigenvalue weighted by molar-refractivity contribution is 1.33. The molecule has 7 heavy (non-hydrogen) atoms. The Kier molecular flexibility index (Phi) is 1.22. The van der Waals surface area contributed by atoms with Gasteiger partial charge < -0.3 is 0 Å². The van der Waals surface area contributed by atoms with Gasteiger partial charge in [0.25, 0.3) is 0 Å². The molecule has 0 aliphatic heterocycles. The number of hydrogen-bond donors (Lipinski definition) is 0. The second-order valence-electron chi connectivity index (χ2n) is 1.43. The van der Waals surface area contributed by atoms with Crippen molar-refractivity contribution in [3.63, 3.8) is 0 Å². The van der Waals surface area contributed by atoms with Crippen LogP contribution in [-0.4, -0.2) is 15.2 Å². The van der Waals surface area contributed by atoms with Gasteiger partial charge in [-0.15, -0.1) is 0 Å². The highest BCUT2D eigenvalue weighted by molar-refractivity contribution is 6.31. The van der Waals surface area contributed by atoms with Gasteiger partial charge in [-0.25, -0.2) is 0 Å². The molecule has 1 aromatic heterocycles. The topological polar surface area (TPSA) is 12.9 Å². The summed E-state index contributed by atoms with van der Waals surface area (Å²) in [4.78, 5) is 3.79. The molecular weight excluding hydrogens is 102 g/mol. The van der Waals surface area contributed by atoms with Crippen LogP contribution in [0.4, 0.5) is 0 Å². The Morgan fingerprint density at radius 1 is 1.71 bits per heavy atom. The quantitative estimate of drug-likeness (QED) is 0.383. The van der Waals surface area contributed by atoms with Crippen molar-refractivity contribution >= 4 is 15.4 Å². The highest BCUT2D eigenvalue weighted by atomic mass is 28.1. The van der Waals surface area contributed by atoms with Gasteiger partial charge in [0.2, 0.25) is 0 Å². The number of rotatable bonds is 0. The predicted octanol–water partition coefficient (Wildman–Crippen LogP) is -1.13. The fraction of sp³-hybridized carbons (Fsp3) is 0. The van der Waals surface area contributed by atoms with E-state index in [1.807, 2.05) is 12.1 Å². The lowest BCUT2D eigenvalue weighted by Gasteiger charge is -1.80. The summed E-state index contributed by atoms with van der Waals surface area (Å²) in [5.74, 6) is 0. The van der Waals surface area contributed by atoms with E-state index < -0.39 is 0 Å². The molecule has 0 aliphatic rings. The molecule has 0 atom stereocenters. The van der Waals surface area contributed by atoms with E-state index >= 15 is 0 Å². The van der Waals surface area contributed by atoms with Gasteiger partial charge in [-0.05, 0) is 11.3 Å². The van der Waals surface area contributed by atoms with Crippen molar-refractivity contribution in [3.05, 3.63) is 24.5 Å². The molecule has 1 nitrogen and oxygen atoms in total. The zero-order chi connectivity index (χ0) is 5.11. The summed E-state index contributed by atoms with van der Waals surface area (Å²) in [6.07, 6.45) is 4.58. The Morgan fingerprint density at radius 3 is 2.86 bits per heavy atom. The van der Waals surface area contributed by atoms with Crippen molar-refractivity contribution < 1.29 is 0 Å². The highest BCUT2D eigenvalue weighted by Crippen LogP contribution is 1.69. The molecule has 0 aliphatic carbocycles. The van der Waals surface area contributed by atoms with Gasteiger partial charge in [-0.2, -0.15) is 0 Å². The Labute approximate surface area is 45.8 Å². The number of hydrogen-bond acceptors (Lipinski definition) is 1. The second kappa shape index (κ2) is 1.89. The van der Waals surface area contributed by atoms with Gasteiger partial charge in [0, 0.05) is 16.4 Å². The summed E-state index contributed by atoms with van der Waals surface area (Å²) in [7, 11) is 1.06. The molecule has 0 fully saturated rings. The fourth-order valence-corrected chi connectivity index (χ4v) is 0.728. The van der Waals surface area contributed by atoms with Crippen LogP contribution >= 0.6 is 0 Å². The van der Waals surface area contributed by atoms with Crippen molar-refractivity contribution in [2.75, 3.05) is 0 Å². The van der Waals surface area contributed by atoms with Crippen LogP contribution in [0.5, 0.6) is 0 Å². The van der Waals surface area contributed by atoms with Crippen molar-refractivity contribution in [1.29, 1.82) is 0 Å². The molecule has 1 aromatic rings. The van der Waals surface area contributed by atoms with E-state index in [2.05, 4.69) is 11.2 Å². The van der Waals surface area contributed by atoms with Crippen LogP contribution in [0.3, 0.4) is 0 Å². The highest BCUT2D eigenvalue weighted by Gasteiger charge is 1.74. The molecule has 0 saturated carbocycles. The molecule has 0 aromatic carbocycles. The number of nitrogens with zero attached hydrogens (tertiary/aromatic N) is 1. The molecule has 0 N–H and O–H groups in total. The molecule has 1 rings (SSSR count). The van der Waals surface area contributed by atoms with Gasteiger partial charge in [0.15, 0.2) is 0 Å². The van der Waals surface area contributed by atoms with E-state index in [4.69, 9.17) is 0 Å². The first-order chi connectivity index (χ1) is 3.39. The minimum absolute atomic E-state index is 1.06. The summed E-state index contributed by atoms with van der Waals surface area (Å²) in [6, 6.07) is 3.96. The SMILES string of the molecule is [SiH3]c1[c]nccc1. The maximum absolute atomic E-state index is 3.79. The average molecular weight is 108 g/mol. The first kappa shape index (κ1) is 4.52. The number of aromatic nitrogens is 1. The molecule has 35 valence electrons. The summed E-state index contributed by atoms with van der Waals surface area (Å²) in [6.45, 7) is 0. The van der Waals surface area contributed by atoms with Crippen molar-refractivity contribution in [3.8, 4) is 0 Å².